The Hall–Kier alpha value is -3.81. The second kappa shape index (κ2) is 8.69. The Morgan fingerprint density at radius 2 is 1.78 bits per heavy atom. The standard InChI is InChI=1S/C28H21ClN4O2S/c1-17-25(19-8-3-2-4-9-19)32-26(36-17)28(14-13-18-7-5-6-10-21(18)28)22-12-11-20(15-23(22)29)33-27(35)31-24(34)16-30-33/h2-12,15-16H,13-14H2,1H3,(H,31,34,35). The zero-order valence-corrected chi connectivity index (χ0v) is 20.9. The number of nitrogens with one attached hydrogen (secondary N) is 1. The van der Waals surface area contributed by atoms with Gasteiger partial charge in [-0.25, -0.2) is 9.78 Å². The lowest BCUT2D eigenvalue weighted by Crippen LogP contribution is -2.30. The number of halogens is 1. The van der Waals surface area contributed by atoms with Crippen LogP contribution in [-0.4, -0.2) is 19.7 Å². The summed E-state index contributed by atoms with van der Waals surface area (Å²) >= 11 is 8.67. The molecule has 0 radical (unpaired) electrons. The topological polar surface area (TPSA) is 80.6 Å². The molecule has 1 unspecified atom stereocenters. The fourth-order valence-corrected chi connectivity index (χ4v) is 6.71. The molecule has 3 aromatic carbocycles. The molecule has 8 heteroatoms. The summed E-state index contributed by atoms with van der Waals surface area (Å²) in [5.74, 6) is 0. The first-order valence-electron chi connectivity index (χ1n) is 11.6. The highest BCUT2D eigenvalue weighted by Crippen LogP contribution is 2.52. The van der Waals surface area contributed by atoms with E-state index in [0.717, 1.165) is 50.4 Å². The van der Waals surface area contributed by atoms with E-state index in [9.17, 15) is 9.59 Å². The first-order valence-corrected chi connectivity index (χ1v) is 12.8. The molecule has 0 saturated heterocycles. The maximum absolute atomic E-state index is 12.3. The van der Waals surface area contributed by atoms with Crippen molar-refractivity contribution in [2.45, 2.75) is 25.2 Å². The summed E-state index contributed by atoms with van der Waals surface area (Å²) in [6.45, 7) is 2.11. The van der Waals surface area contributed by atoms with Gasteiger partial charge in [0.1, 0.15) is 11.2 Å². The van der Waals surface area contributed by atoms with Crippen LogP contribution in [0.25, 0.3) is 16.9 Å². The monoisotopic (exact) mass is 512 g/mol. The summed E-state index contributed by atoms with van der Waals surface area (Å²) in [5.41, 5.74) is 4.29. The molecule has 0 bridgehead atoms. The maximum Gasteiger partial charge on any atom is 0.349 e. The van der Waals surface area contributed by atoms with Gasteiger partial charge in [0, 0.05) is 15.5 Å². The van der Waals surface area contributed by atoms with Crippen LogP contribution in [0.2, 0.25) is 5.02 Å². The van der Waals surface area contributed by atoms with Crippen LogP contribution < -0.4 is 11.2 Å². The van der Waals surface area contributed by atoms with Crippen molar-refractivity contribution in [1.29, 1.82) is 0 Å². The van der Waals surface area contributed by atoms with Crippen LogP contribution in [0.1, 0.15) is 33.0 Å². The van der Waals surface area contributed by atoms with Crippen molar-refractivity contribution in [3.63, 3.8) is 0 Å². The molecule has 178 valence electrons. The normalized spacial score (nSPS) is 16.7. The minimum absolute atomic E-state index is 0.478. The molecule has 36 heavy (non-hydrogen) atoms. The molecule has 1 aliphatic carbocycles. The van der Waals surface area contributed by atoms with Crippen molar-refractivity contribution < 1.29 is 0 Å². The summed E-state index contributed by atoms with van der Waals surface area (Å²) in [7, 11) is 0. The Labute approximate surface area is 215 Å². The van der Waals surface area contributed by atoms with Gasteiger partial charge in [-0.15, -0.1) is 11.3 Å². The second-order valence-corrected chi connectivity index (χ2v) is 10.5. The lowest BCUT2D eigenvalue weighted by Gasteiger charge is -2.30. The van der Waals surface area contributed by atoms with Gasteiger partial charge in [0.05, 0.1) is 16.8 Å². The van der Waals surface area contributed by atoms with E-state index in [2.05, 4.69) is 53.4 Å². The van der Waals surface area contributed by atoms with Crippen LogP contribution in [-0.2, 0) is 11.8 Å². The molecule has 0 aliphatic heterocycles. The predicted molar refractivity (Wildman–Crippen MR) is 142 cm³/mol. The van der Waals surface area contributed by atoms with Gasteiger partial charge in [-0.05, 0) is 48.6 Å². The van der Waals surface area contributed by atoms with E-state index in [1.165, 1.54) is 11.1 Å². The lowest BCUT2D eigenvalue weighted by molar-refractivity contribution is 0.606. The Kier molecular flexibility index (Phi) is 5.47. The van der Waals surface area contributed by atoms with Crippen LogP contribution in [0.5, 0.6) is 0 Å². The van der Waals surface area contributed by atoms with Gasteiger partial charge >= 0.3 is 5.69 Å². The molecule has 0 fully saturated rings. The number of hydrogen-bond acceptors (Lipinski definition) is 5. The molecule has 1 aliphatic rings. The van der Waals surface area contributed by atoms with Crippen molar-refractivity contribution in [1.82, 2.24) is 19.7 Å². The third-order valence-corrected chi connectivity index (χ3v) is 8.27. The van der Waals surface area contributed by atoms with Gasteiger partial charge < -0.3 is 0 Å². The van der Waals surface area contributed by atoms with Gasteiger partial charge in [-0.2, -0.15) is 9.78 Å². The van der Waals surface area contributed by atoms with Crippen molar-refractivity contribution >= 4 is 22.9 Å². The van der Waals surface area contributed by atoms with Gasteiger partial charge in [-0.3, -0.25) is 9.78 Å². The maximum atomic E-state index is 12.3. The lowest BCUT2D eigenvalue weighted by atomic mass is 9.75. The third kappa shape index (κ3) is 3.54. The van der Waals surface area contributed by atoms with Crippen molar-refractivity contribution in [3.05, 3.63) is 131 Å². The average Bonchev–Trinajstić information content (AvgIpc) is 3.46. The molecule has 6 rings (SSSR count). The summed E-state index contributed by atoms with van der Waals surface area (Å²) in [5, 5.41) is 5.48. The van der Waals surface area contributed by atoms with E-state index in [1.54, 1.807) is 17.4 Å². The number of nitrogens with zero attached hydrogens (tertiary/aromatic N) is 3. The Bertz CT molecular complexity index is 1720. The molecular formula is C28H21ClN4O2S. The minimum atomic E-state index is -0.615. The van der Waals surface area contributed by atoms with E-state index in [0.29, 0.717) is 10.7 Å². The number of H-pyrrole nitrogens is 1. The highest BCUT2D eigenvalue weighted by molar-refractivity contribution is 7.12. The highest BCUT2D eigenvalue weighted by Gasteiger charge is 2.45. The van der Waals surface area contributed by atoms with Crippen LogP contribution >= 0.6 is 22.9 Å². The van der Waals surface area contributed by atoms with Gasteiger partial charge in [0.15, 0.2) is 0 Å². The first-order chi connectivity index (χ1) is 17.5. The van der Waals surface area contributed by atoms with Crippen LogP contribution in [0.4, 0.5) is 0 Å². The molecule has 0 saturated carbocycles. The van der Waals surface area contributed by atoms with Crippen LogP contribution in [0.3, 0.4) is 0 Å². The molecule has 5 aromatic rings. The number of aryl methyl sites for hydroxylation is 2. The van der Waals surface area contributed by atoms with Crippen LogP contribution in [0.15, 0.2) is 88.6 Å². The Morgan fingerprint density at radius 3 is 2.56 bits per heavy atom. The number of aromatic amines is 1. The van der Waals surface area contributed by atoms with E-state index in [-0.39, 0.29) is 0 Å². The number of benzene rings is 3. The number of rotatable bonds is 4. The average molecular weight is 513 g/mol. The van der Waals surface area contributed by atoms with Crippen molar-refractivity contribution in [3.8, 4) is 16.9 Å². The fraction of sp³-hybridized carbons (Fsp3) is 0.143. The first kappa shape index (κ1) is 22.6. The summed E-state index contributed by atoms with van der Waals surface area (Å²) in [6.07, 6.45) is 2.82. The van der Waals surface area contributed by atoms with E-state index in [4.69, 9.17) is 16.6 Å². The minimum Gasteiger partial charge on any atom is -0.271 e. The largest absolute Gasteiger partial charge is 0.349 e. The highest BCUT2D eigenvalue weighted by atomic mass is 35.5. The van der Waals surface area contributed by atoms with E-state index < -0.39 is 16.7 Å². The van der Waals surface area contributed by atoms with Gasteiger partial charge in [-0.1, -0.05) is 72.3 Å². The summed E-state index contributed by atoms with van der Waals surface area (Å²) < 4.78 is 1.13. The molecule has 1 atom stereocenters. The van der Waals surface area contributed by atoms with Crippen LogP contribution in [0, 0.1) is 6.92 Å². The Balaban J connectivity index is 1.56. The predicted octanol–water partition coefficient (Wildman–Crippen LogP) is 5.29. The SMILES string of the molecule is Cc1sc(C2(c3ccc(-n4ncc(=O)[nH]c4=O)cc3Cl)CCc3ccccc32)nc1-c1ccccc1. The smallest absolute Gasteiger partial charge is 0.271 e. The molecule has 6 nitrogen and oxygen atoms in total. The summed E-state index contributed by atoms with van der Waals surface area (Å²) in [4.78, 5) is 32.4. The zero-order chi connectivity index (χ0) is 24.9. The number of aromatic nitrogens is 4. The van der Waals surface area contributed by atoms with Crippen molar-refractivity contribution in [2.75, 3.05) is 0 Å². The van der Waals surface area contributed by atoms with Gasteiger partial charge in [0.25, 0.3) is 5.56 Å². The number of hydrogen-bond donors (Lipinski definition) is 1. The molecule has 2 aromatic heterocycles. The second-order valence-electron chi connectivity index (χ2n) is 8.87. The number of fused-ring (bicyclic) bond motifs is 1. The van der Waals surface area contributed by atoms with E-state index in [1.807, 2.05) is 30.3 Å². The van der Waals surface area contributed by atoms with Gasteiger partial charge in [0.2, 0.25) is 0 Å². The zero-order valence-electron chi connectivity index (χ0n) is 19.4. The molecule has 0 spiro atoms. The molecule has 0 amide bonds. The quantitative estimate of drug-likeness (QED) is 0.355. The summed E-state index contributed by atoms with van der Waals surface area (Å²) in [6, 6.07) is 24.2. The molecule has 2 heterocycles. The molecular weight excluding hydrogens is 492 g/mol. The third-order valence-electron chi connectivity index (χ3n) is 6.83. The molecule has 1 N–H and O–H groups in total. The van der Waals surface area contributed by atoms with E-state index >= 15 is 0 Å². The van der Waals surface area contributed by atoms with Crippen molar-refractivity contribution in [2.24, 2.45) is 0 Å². The number of thiazole rings is 1. The fourth-order valence-electron chi connectivity index (χ4n) is 5.19. The Morgan fingerprint density at radius 1 is 1.00 bits per heavy atom.